The van der Waals surface area contributed by atoms with E-state index in [1.54, 1.807) is 38.2 Å². The van der Waals surface area contributed by atoms with Crippen LogP contribution in [0.4, 0.5) is 11.4 Å². The van der Waals surface area contributed by atoms with E-state index in [0.29, 0.717) is 12.2 Å². The largest absolute Gasteiger partial charge is 0.497 e. The maximum Gasteiger partial charge on any atom is 0.292 e. The summed E-state index contributed by atoms with van der Waals surface area (Å²) >= 11 is 0. The highest BCUT2D eigenvalue weighted by Crippen LogP contribution is 2.27. The smallest absolute Gasteiger partial charge is 0.292 e. The van der Waals surface area contributed by atoms with Gasteiger partial charge in [-0.25, -0.2) is 0 Å². The summed E-state index contributed by atoms with van der Waals surface area (Å²) in [5.74, 6) is 0.847. The van der Waals surface area contributed by atoms with E-state index in [1.165, 1.54) is 5.56 Å². The van der Waals surface area contributed by atoms with E-state index in [1.807, 2.05) is 30.3 Å². The lowest BCUT2D eigenvalue weighted by Crippen LogP contribution is -2.17. The summed E-state index contributed by atoms with van der Waals surface area (Å²) in [7, 11) is 5.25. The topological polar surface area (TPSA) is 67.6 Å². The molecule has 0 bridgehead atoms. The Labute approximate surface area is 142 Å². The van der Waals surface area contributed by atoms with Gasteiger partial charge in [0, 0.05) is 26.7 Å². The molecular weight excluding hydrogens is 306 g/mol. The zero-order valence-electron chi connectivity index (χ0n) is 14.3. The van der Waals surface area contributed by atoms with Crippen LogP contribution in [0.15, 0.2) is 42.5 Å². The van der Waals surface area contributed by atoms with E-state index in [9.17, 15) is 10.1 Å². The zero-order chi connectivity index (χ0) is 17.5. The number of hydrogen-bond acceptors (Lipinski definition) is 5. The summed E-state index contributed by atoms with van der Waals surface area (Å²) in [6.45, 7) is 1.40. The van der Waals surface area contributed by atoms with Crippen LogP contribution in [0.1, 0.15) is 11.1 Å². The van der Waals surface area contributed by atoms with Gasteiger partial charge in [-0.2, -0.15) is 0 Å². The van der Waals surface area contributed by atoms with Crippen molar-refractivity contribution in [1.82, 2.24) is 5.32 Å². The molecule has 1 N–H and O–H groups in total. The fraction of sp³-hybridized carbons (Fsp3) is 0.333. The van der Waals surface area contributed by atoms with Crippen LogP contribution in [0.25, 0.3) is 0 Å². The van der Waals surface area contributed by atoms with Crippen LogP contribution in [0, 0.1) is 10.1 Å². The Morgan fingerprint density at radius 2 is 1.79 bits per heavy atom. The number of rotatable bonds is 8. The number of methoxy groups -OCH3 is 1. The molecule has 0 saturated carbocycles. The fourth-order valence-electron chi connectivity index (χ4n) is 2.46. The number of anilines is 1. The third-order valence-corrected chi connectivity index (χ3v) is 3.80. The molecule has 24 heavy (non-hydrogen) atoms. The van der Waals surface area contributed by atoms with Gasteiger partial charge in [-0.3, -0.25) is 10.1 Å². The SMILES string of the molecule is COc1ccc(CCNCc2ccc(N(C)C)c([N+](=O)[O-])c2)cc1. The highest BCUT2D eigenvalue weighted by Gasteiger charge is 2.15. The molecular formula is C18H23N3O3. The Morgan fingerprint density at radius 3 is 2.38 bits per heavy atom. The molecule has 0 spiro atoms. The lowest BCUT2D eigenvalue weighted by Gasteiger charge is -2.13. The van der Waals surface area contributed by atoms with Gasteiger partial charge in [0.25, 0.3) is 5.69 Å². The lowest BCUT2D eigenvalue weighted by atomic mass is 10.1. The van der Waals surface area contributed by atoms with Crippen molar-refractivity contribution in [1.29, 1.82) is 0 Å². The first-order valence-electron chi connectivity index (χ1n) is 7.79. The molecule has 0 aromatic heterocycles. The molecule has 0 aliphatic carbocycles. The molecule has 6 heteroatoms. The van der Waals surface area contributed by atoms with Crippen molar-refractivity contribution >= 4 is 11.4 Å². The number of nitrogens with one attached hydrogen (secondary N) is 1. The van der Waals surface area contributed by atoms with Crippen molar-refractivity contribution in [3.8, 4) is 5.75 Å². The minimum atomic E-state index is -0.337. The van der Waals surface area contributed by atoms with Crippen molar-refractivity contribution < 1.29 is 9.66 Å². The molecule has 0 fully saturated rings. The Balaban J connectivity index is 1.89. The fourth-order valence-corrected chi connectivity index (χ4v) is 2.46. The van der Waals surface area contributed by atoms with Crippen LogP contribution in [-0.2, 0) is 13.0 Å². The summed E-state index contributed by atoms with van der Waals surface area (Å²) in [5.41, 5.74) is 2.87. The molecule has 0 unspecified atom stereocenters. The monoisotopic (exact) mass is 329 g/mol. The predicted molar refractivity (Wildman–Crippen MR) is 95.8 cm³/mol. The van der Waals surface area contributed by atoms with Gasteiger partial charge in [0.1, 0.15) is 11.4 Å². The number of nitro benzene ring substituents is 1. The second-order valence-corrected chi connectivity index (χ2v) is 5.75. The van der Waals surface area contributed by atoms with E-state index in [4.69, 9.17) is 4.74 Å². The van der Waals surface area contributed by atoms with Gasteiger partial charge in [-0.1, -0.05) is 18.2 Å². The summed E-state index contributed by atoms with van der Waals surface area (Å²) < 4.78 is 5.14. The maximum absolute atomic E-state index is 11.2. The van der Waals surface area contributed by atoms with Gasteiger partial charge >= 0.3 is 0 Å². The van der Waals surface area contributed by atoms with Crippen LogP contribution < -0.4 is 15.0 Å². The lowest BCUT2D eigenvalue weighted by molar-refractivity contribution is -0.384. The quantitative estimate of drug-likeness (QED) is 0.458. The Kier molecular flexibility index (Phi) is 6.14. The van der Waals surface area contributed by atoms with Crippen LogP contribution >= 0.6 is 0 Å². The first kappa shape index (κ1) is 17.7. The molecule has 0 aliphatic heterocycles. The third kappa shape index (κ3) is 4.70. The second-order valence-electron chi connectivity index (χ2n) is 5.75. The minimum absolute atomic E-state index is 0.134. The first-order chi connectivity index (χ1) is 11.5. The molecule has 0 radical (unpaired) electrons. The van der Waals surface area contributed by atoms with Crippen LogP contribution in [0.2, 0.25) is 0 Å². The maximum atomic E-state index is 11.2. The molecule has 0 heterocycles. The number of nitro groups is 1. The zero-order valence-corrected chi connectivity index (χ0v) is 14.3. The van der Waals surface area contributed by atoms with Crippen molar-refractivity contribution in [2.45, 2.75) is 13.0 Å². The molecule has 0 atom stereocenters. The van der Waals surface area contributed by atoms with E-state index in [2.05, 4.69) is 5.32 Å². The van der Waals surface area contributed by atoms with Gasteiger partial charge in [0.05, 0.1) is 12.0 Å². The number of hydrogen-bond donors (Lipinski definition) is 1. The van der Waals surface area contributed by atoms with E-state index >= 15 is 0 Å². The van der Waals surface area contributed by atoms with Crippen molar-refractivity contribution in [3.63, 3.8) is 0 Å². The van der Waals surface area contributed by atoms with Gasteiger partial charge in [-0.15, -0.1) is 0 Å². The highest BCUT2D eigenvalue weighted by atomic mass is 16.6. The number of benzene rings is 2. The van der Waals surface area contributed by atoms with Gasteiger partial charge < -0.3 is 15.0 Å². The number of ether oxygens (including phenoxy) is 1. The standard InChI is InChI=1S/C18H23N3O3/c1-20(2)17-9-6-15(12-18(17)21(22)23)13-19-11-10-14-4-7-16(24-3)8-5-14/h4-9,12,19H,10-11,13H2,1-3H3. The average Bonchev–Trinajstić information content (AvgIpc) is 2.59. The van der Waals surface area contributed by atoms with Crippen LogP contribution in [0.3, 0.4) is 0 Å². The van der Waals surface area contributed by atoms with Gasteiger partial charge in [0.15, 0.2) is 0 Å². The van der Waals surface area contributed by atoms with Crippen molar-refractivity contribution in [2.75, 3.05) is 32.6 Å². The van der Waals surface area contributed by atoms with Gasteiger partial charge in [0.2, 0.25) is 0 Å². The summed E-state index contributed by atoms with van der Waals surface area (Å²) in [4.78, 5) is 12.6. The molecule has 0 aliphatic rings. The summed E-state index contributed by atoms with van der Waals surface area (Å²) in [6.07, 6.45) is 0.891. The van der Waals surface area contributed by atoms with E-state index in [-0.39, 0.29) is 10.6 Å². The summed E-state index contributed by atoms with van der Waals surface area (Å²) in [6, 6.07) is 13.3. The summed E-state index contributed by atoms with van der Waals surface area (Å²) in [5, 5.41) is 14.5. The molecule has 2 aromatic carbocycles. The van der Waals surface area contributed by atoms with Gasteiger partial charge in [-0.05, 0) is 42.3 Å². The highest BCUT2D eigenvalue weighted by molar-refractivity contribution is 5.63. The normalized spacial score (nSPS) is 10.5. The minimum Gasteiger partial charge on any atom is -0.497 e. The first-order valence-corrected chi connectivity index (χ1v) is 7.79. The average molecular weight is 329 g/mol. The predicted octanol–water partition coefficient (Wildman–Crippen LogP) is 3.00. The molecule has 2 rings (SSSR count). The molecule has 128 valence electrons. The van der Waals surface area contributed by atoms with E-state index < -0.39 is 0 Å². The van der Waals surface area contributed by atoms with E-state index in [0.717, 1.165) is 24.3 Å². The van der Waals surface area contributed by atoms with Crippen LogP contribution in [0.5, 0.6) is 5.75 Å². The van der Waals surface area contributed by atoms with Crippen molar-refractivity contribution in [2.24, 2.45) is 0 Å². The third-order valence-electron chi connectivity index (χ3n) is 3.80. The molecule has 0 amide bonds. The van der Waals surface area contributed by atoms with Crippen LogP contribution in [-0.4, -0.2) is 32.7 Å². The molecule has 2 aromatic rings. The number of nitrogens with zero attached hydrogens (tertiary/aromatic N) is 2. The molecule has 6 nitrogen and oxygen atoms in total. The Morgan fingerprint density at radius 1 is 1.12 bits per heavy atom. The Bertz CT molecular complexity index is 684. The Hall–Kier alpha value is -2.60. The second kappa shape index (κ2) is 8.31. The molecule has 0 saturated heterocycles. The van der Waals surface area contributed by atoms with Crippen molar-refractivity contribution in [3.05, 3.63) is 63.7 Å².